The lowest BCUT2D eigenvalue weighted by Crippen LogP contribution is -2.06. The van der Waals surface area contributed by atoms with E-state index in [0.717, 1.165) is 93.7 Å². The van der Waals surface area contributed by atoms with Crippen LogP contribution in [0.1, 0.15) is 0 Å². The molecular weight excluding hydrogens is 771 g/mol. The molecule has 13 rings (SSSR count). The van der Waals surface area contributed by atoms with Crippen molar-refractivity contribution < 1.29 is 4.42 Å². The molecule has 0 aliphatic heterocycles. The standard InChI is InChI=1S/C57H35N5O/c1-3-15-36(16-4-1)38-29-31-39(32-30-38)55-58-56(60-57(59-55)62-50-27-11-7-21-42(50)43-22-8-12-28-51(43)62)46-25-14-24-45-48-34-47-44-23-9-10-26-49(44)61(52(47)35-53(48)63-54(45)46)41-20-13-19-40(33-41)37-17-5-2-6-18-37/h1-35H. The van der Waals surface area contributed by atoms with Crippen LogP contribution in [0.4, 0.5) is 0 Å². The maximum Gasteiger partial charge on any atom is 0.238 e. The average Bonchev–Trinajstić information content (AvgIpc) is 4.01. The van der Waals surface area contributed by atoms with Gasteiger partial charge in [-0.1, -0.05) is 164 Å². The predicted molar refractivity (Wildman–Crippen MR) is 258 cm³/mol. The van der Waals surface area contributed by atoms with Gasteiger partial charge >= 0.3 is 0 Å². The Bertz CT molecular complexity index is 3850. The third-order valence-electron chi connectivity index (χ3n) is 12.4. The van der Waals surface area contributed by atoms with Crippen molar-refractivity contribution in [1.82, 2.24) is 24.1 Å². The van der Waals surface area contributed by atoms with E-state index in [1.54, 1.807) is 0 Å². The highest BCUT2D eigenvalue weighted by molar-refractivity contribution is 6.18. The van der Waals surface area contributed by atoms with Crippen LogP contribution in [0.3, 0.4) is 0 Å². The summed E-state index contributed by atoms with van der Waals surface area (Å²) >= 11 is 0. The Morgan fingerprint density at radius 3 is 1.54 bits per heavy atom. The smallest absolute Gasteiger partial charge is 0.238 e. The Hall–Kier alpha value is -8.61. The summed E-state index contributed by atoms with van der Waals surface area (Å²) in [6.07, 6.45) is 0. The summed E-state index contributed by atoms with van der Waals surface area (Å²) in [6.45, 7) is 0. The summed E-state index contributed by atoms with van der Waals surface area (Å²) < 4.78 is 11.5. The fourth-order valence-corrected chi connectivity index (χ4v) is 9.46. The van der Waals surface area contributed by atoms with Crippen molar-refractivity contribution in [3.63, 3.8) is 0 Å². The highest BCUT2D eigenvalue weighted by Gasteiger charge is 2.22. The molecule has 0 saturated heterocycles. The van der Waals surface area contributed by atoms with Gasteiger partial charge in [0, 0.05) is 49.6 Å². The van der Waals surface area contributed by atoms with Gasteiger partial charge in [0.25, 0.3) is 0 Å². The van der Waals surface area contributed by atoms with E-state index in [0.29, 0.717) is 17.6 Å². The van der Waals surface area contributed by atoms with Crippen molar-refractivity contribution >= 4 is 65.6 Å². The lowest BCUT2D eigenvalue weighted by atomic mass is 10.0. The third-order valence-corrected chi connectivity index (χ3v) is 12.4. The molecular formula is C57H35N5O. The van der Waals surface area contributed by atoms with Crippen LogP contribution in [0.15, 0.2) is 217 Å². The van der Waals surface area contributed by atoms with Gasteiger partial charge in [-0.2, -0.15) is 9.97 Å². The Balaban J connectivity index is 1.03. The second kappa shape index (κ2) is 14.0. The van der Waals surface area contributed by atoms with E-state index in [1.807, 2.05) is 6.07 Å². The van der Waals surface area contributed by atoms with Crippen molar-refractivity contribution in [2.24, 2.45) is 0 Å². The highest BCUT2D eigenvalue weighted by Crippen LogP contribution is 2.41. The summed E-state index contributed by atoms with van der Waals surface area (Å²) in [7, 11) is 0. The van der Waals surface area contributed by atoms with Gasteiger partial charge in [0.1, 0.15) is 11.2 Å². The third kappa shape index (κ3) is 5.62. The number of para-hydroxylation sites is 4. The number of hydrogen-bond donors (Lipinski definition) is 0. The Morgan fingerprint density at radius 1 is 0.317 bits per heavy atom. The van der Waals surface area contributed by atoms with Crippen molar-refractivity contribution in [2.75, 3.05) is 0 Å². The number of rotatable bonds is 6. The zero-order chi connectivity index (χ0) is 41.4. The molecule has 4 heterocycles. The minimum Gasteiger partial charge on any atom is -0.455 e. The van der Waals surface area contributed by atoms with Crippen LogP contribution in [-0.4, -0.2) is 24.1 Å². The minimum absolute atomic E-state index is 0.533. The largest absolute Gasteiger partial charge is 0.455 e. The molecule has 9 aromatic carbocycles. The fraction of sp³-hybridized carbons (Fsp3) is 0. The van der Waals surface area contributed by atoms with Gasteiger partial charge in [0.05, 0.1) is 27.6 Å². The number of aromatic nitrogens is 5. The monoisotopic (exact) mass is 805 g/mol. The average molecular weight is 806 g/mol. The molecule has 6 nitrogen and oxygen atoms in total. The molecule has 63 heavy (non-hydrogen) atoms. The SMILES string of the molecule is c1ccc(-c2ccc(-c3nc(-c4cccc5c4oc4cc6c(cc45)c4ccccc4n6-c4cccc(-c5ccccc5)c4)nc(-n4c5ccccc5c5ccccc54)n3)cc2)cc1. The number of nitrogens with zero attached hydrogens (tertiary/aromatic N) is 5. The number of fused-ring (bicyclic) bond motifs is 9. The van der Waals surface area contributed by atoms with E-state index >= 15 is 0 Å². The van der Waals surface area contributed by atoms with E-state index in [2.05, 4.69) is 215 Å². The first-order valence-electron chi connectivity index (χ1n) is 21.2. The number of benzene rings is 9. The molecule has 0 radical (unpaired) electrons. The number of hydrogen-bond acceptors (Lipinski definition) is 4. The summed E-state index contributed by atoms with van der Waals surface area (Å²) in [5, 5.41) is 6.65. The molecule has 0 aliphatic rings. The molecule has 294 valence electrons. The molecule has 0 spiro atoms. The van der Waals surface area contributed by atoms with Gasteiger partial charge < -0.3 is 8.98 Å². The summed E-state index contributed by atoms with van der Waals surface area (Å²) in [4.78, 5) is 15.8. The van der Waals surface area contributed by atoms with E-state index in [-0.39, 0.29) is 0 Å². The van der Waals surface area contributed by atoms with Gasteiger partial charge in [0.2, 0.25) is 5.95 Å². The summed E-state index contributed by atoms with van der Waals surface area (Å²) in [5.41, 5.74) is 13.2. The van der Waals surface area contributed by atoms with Crippen molar-refractivity contribution in [1.29, 1.82) is 0 Å². The zero-order valence-electron chi connectivity index (χ0n) is 33.9. The van der Waals surface area contributed by atoms with Crippen molar-refractivity contribution in [3.05, 3.63) is 212 Å². The molecule has 0 unspecified atom stereocenters. The van der Waals surface area contributed by atoms with E-state index in [9.17, 15) is 0 Å². The topological polar surface area (TPSA) is 61.7 Å². The Labute approximate surface area is 361 Å². The molecule has 0 atom stereocenters. The van der Waals surface area contributed by atoms with Crippen LogP contribution in [0.5, 0.6) is 0 Å². The first-order valence-corrected chi connectivity index (χ1v) is 21.2. The molecule has 0 bridgehead atoms. The van der Waals surface area contributed by atoms with Crippen LogP contribution in [0.2, 0.25) is 0 Å². The van der Waals surface area contributed by atoms with Crippen molar-refractivity contribution in [2.45, 2.75) is 0 Å². The lowest BCUT2D eigenvalue weighted by Gasteiger charge is -2.11. The van der Waals surface area contributed by atoms with Gasteiger partial charge in [-0.05, 0) is 64.7 Å². The van der Waals surface area contributed by atoms with E-state index in [4.69, 9.17) is 19.4 Å². The quantitative estimate of drug-likeness (QED) is 0.168. The van der Waals surface area contributed by atoms with Crippen molar-refractivity contribution in [3.8, 4) is 56.7 Å². The molecule has 0 saturated carbocycles. The van der Waals surface area contributed by atoms with Gasteiger partial charge in [-0.3, -0.25) is 4.57 Å². The maximum atomic E-state index is 6.99. The number of furan rings is 1. The van der Waals surface area contributed by atoms with Crippen LogP contribution >= 0.6 is 0 Å². The molecule has 6 heteroatoms. The molecule has 0 fully saturated rings. The van der Waals surface area contributed by atoms with Gasteiger partial charge in [-0.25, -0.2) is 4.98 Å². The summed E-state index contributed by atoms with van der Waals surface area (Å²) in [5.74, 6) is 1.65. The van der Waals surface area contributed by atoms with Crippen LogP contribution in [0, 0.1) is 0 Å². The first kappa shape index (κ1) is 35.2. The first-order chi connectivity index (χ1) is 31.2. The predicted octanol–water partition coefficient (Wildman–Crippen LogP) is 14.6. The van der Waals surface area contributed by atoms with Crippen LogP contribution in [0.25, 0.3) is 122 Å². The maximum absolute atomic E-state index is 6.99. The Kier molecular flexibility index (Phi) is 7.80. The van der Waals surface area contributed by atoms with Gasteiger partial charge in [0.15, 0.2) is 11.6 Å². The second-order valence-electron chi connectivity index (χ2n) is 16.0. The molecule has 4 aromatic heterocycles. The van der Waals surface area contributed by atoms with Crippen LogP contribution < -0.4 is 0 Å². The fourth-order valence-electron chi connectivity index (χ4n) is 9.46. The molecule has 0 N–H and O–H groups in total. The Morgan fingerprint density at radius 2 is 0.841 bits per heavy atom. The lowest BCUT2D eigenvalue weighted by molar-refractivity contribution is 0.670. The summed E-state index contributed by atoms with van der Waals surface area (Å²) in [6, 6.07) is 74.4. The zero-order valence-corrected chi connectivity index (χ0v) is 33.9. The van der Waals surface area contributed by atoms with E-state index in [1.165, 1.54) is 10.9 Å². The minimum atomic E-state index is 0.533. The van der Waals surface area contributed by atoms with Gasteiger partial charge in [-0.15, -0.1) is 0 Å². The van der Waals surface area contributed by atoms with E-state index < -0.39 is 0 Å². The second-order valence-corrected chi connectivity index (χ2v) is 16.0. The molecule has 0 amide bonds. The van der Waals surface area contributed by atoms with Crippen LogP contribution in [-0.2, 0) is 0 Å². The highest BCUT2D eigenvalue weighted by atomic mass is 16.3. The molecule has 13 aromatic rings. The molecule has 0 aliphatic carbocycles. The normalized spacial score (nSPS) is 11.8.